The van der Waals surface area contributed by atoms with Crippen molar-refractivity contribution < 1.29 is 23.1 Å². The van der Waals surface area contributed by atoms with Crippen molar-refractivity contribution in [2.45, 2.75) is 25.7 Å². The number of amidine groups is 1. The summed E-state index contributed by atoms with van der Waals surface area (Å²) in [6.07, 6.45) is 0. The molecule has 0 spiro atoms. The van der Waals surface area contributed by atoms with E-state index in [-0.39, 0.29) is 19.0 Å². The van der Waals surface area contributed by atoms with Gasteiger partial charge in [0.2, 0.25) is 5.84 Å². The maximum absolute atomic E-state index is 13.3. The summed E-state index contributed by atoms with van der Waals surface area (Å²) in [5.74, 6) is -1.64. The number of carbonyl (C=O) groups is 1. The summed E-state index contributed by atoms with van der Waals surface area (Å²) in [4.78, 5) is 16.2. The van der Waals surface area contributed by atoms with Gasteiger partial charge in [-0.05, 0) is 31.5 Å². The molecule has 2 N–H and O–H groups in total. The monoisotopic (exact) mass is 423 g/mol. The van der Waals surface area contributed by atoms with Gasteiger partial charge in [-0.15, -0.1) is 0 Å². The molecule has 2 atom stereocenters. The molecule has 0 radical (unpaired) electrons. The van der Waals surface area contributed by atoms with Gasteiger partial charge in [0, 0.05) is 0 Å². The van der Waals surface area contributed by atoms with Crippen LogP contribution >= 0.6 is 30.8 Å². The number of halogens is 2. The van der Waals surface area contributed by atoms with Gasteiger partial charge >= 0.3 is 13.6 Å². The van der Waals surface area contributed by atoms with Crippen LogP contribution in [-0.2, 0) is 23.1 Å². The molecule has 2 rings (SSSR count). The van der Waals surface area contributed by atoms with Gasteiger partial charge in [-0.25, -0.2) is 10.2 Å². The third kappa shape index (κ3) is 4.57. The van der Waals surface area contributed by atoms with E-state index in [0.29, 0.717) is 15.6 Å². The summed E-state index contributed by atoms with van der Waals surface area (Å²) < 4.78 is 28.8. The van der Waals surface area contributed by atoms with Gasteiger partial charge in [0.1, 0.15) is 6.04 Å². The molecule has 0 aliphatic carbocycles. The molecule has 0 amide bonds. The number of nitrogens with one attached hydrogen (secondary N) is 2. The third-order valence-corrected chi connectivity index (χ3v) is 6.60. The average Bonchev–Trinajstić information content (AvgIpc) is 2.63. The van der Waals surface area contributed by atoms with Crippen molar-refractivity contribution in [2.24, 2.45) is 4.99 Å². The molecule has 144 valence electrons. The highest BCUT2D eigenvalue weighted by molar-refractivity contribution is 7.54. The van der Waals surface area contributed by atoms with Gasteiger partial charge in [0.05, 0.1) is 30.4 Å². The molecule has 0 saturated carbocycles. The Balaban J connectivity index is 2.52. The van der Waals surface area contributed by atoms with Crippen molar-refractivity contribution in [3.05, 3.63) is 33.8 Å². The minimum absolute atomic E-state index is 0.0700. The number of ether oxygens (including phenoxy) is 1. The smallest absolute Gasteiger partial charge is 0.374 e. The lowest BCUT2D eigenvalue weighted by Crippen LogP contribution is -2.53. The highest BCUT2D eigenvalue weighted by atomic mass is 35.5. The highest BCUT2D eigenvalue weighted by Crippen LogP contribution is 2.57. The Kier molecular flexibility index (Phi) is 7.46. The molecule has 1 aromatic rings. The quantitative estimate of drug-likeness (QED) is 0.512. The fourth-order valence-corrected chi connectivity index (χ4v) is 4.66. The van der Waals surface area contributed by atoms with Crippen LogP contribution in [0.4, 0.5) is 0 Å². The van der Waals surface area contributed by atoms with Crippen LogP contribution in [-0.4, -0.2) is 37.9 Å². The van der Waals surface area contributed by atoms with Gasteiger partial charge < -0.3 is 13.8 Å². The van der Waals surface area contributed by atoms with E-state index in [1.807, 2.05) is 0 Å². The number of rotatable bonds is 7. The Bertz CT molecular complexity index is 736. The summed E-state index contributed by atoms with van der Waals surface area (Å²) in [7, 11) is -2.38. The van der Waals surface area contributed by atoms with Crippen LogP contribution in [0, 0.1) is 0 Å². The molecule has 0 aromatic heterocycles. The van der Waals surface area contributed by atoms with E-state index in [1.54, 1.807) is 32.0 Å². The standard InChI is InChI=1S/C15H20Cl2N3O5P/c1-4-24-26(22,25-5-2)14-12(9-6-7-10(16)11(17)8-9)18-13(19-20-14)15(21)23-3/h6-8,12,14,20H,4-5H2,1-3H3,(H,18,19)/t12-,14-/m0/s1. The predicted octanol–water partition coefficient (Wildman–Crippen LogP) is 3.31. The first-order valence-electron chi connectivity index (χ1n) is 7.87. The van der Waals surface area contributed by atoms with Gasteiger partial charge in [0.25, 0.3) is 0 Å². The van der Waals surface area contributed by atoms with Crippen molar-refractivity contribution in [3.8, 4) is 0 Å². The Morgan fingerprint density at radius 3 is 2.42 bits per heavy atom. The molecule has 1 aliphatic heterocycles. The van der Waals surface area contributed by atoms with Crippen LogP contribution in [0.3, 0.4) is 0 Å². The van der Waals surface area contributed by atoms with Gasteiger partial charge in [-0.2, -0.15) is 0 Å². The predicted molar refractivity (Wildman–Crippen MR) is 99.6 cm³/mol. The summed E-state index contributed by atoms with van der Waals surface area (Å²) in [6.45, 7) is 3.77. The van der Waals surface area contributed by atoms with Crippen LogP contribution in [0.1, 0.15) is 25.5 Å². The molecule has 8 nitrogen and oxygen atoms in total. The second kappa shape index (κ2) is 9.17. The number of benzene rings is 1. The minimum atomic E-state index is -3.62. The van der Waals surface area contributed by atoms with Crippen molar-refractivity contribution in [2.75, 3.05) is 20.3 Å². The lowest BCUT2D eigenvalue weighted by Gasteiger charge is -2.35. The molecular formula is C15H20Cl2N3O5P. The van der Waals surface area contributed by atoms with E-state index in [1.165, 1.54) is 7.11 Å². The van der Waals surface area contributed by atoms with Crippen molar-refractivity contribution in [1.29, 1.82) is 0 Å². The third-order valence-electron chi connectivity index (χ3n) is 3.53. The normalized spacial score (nSPS) is 20.3. The fourth-order valence-electron chi connectivity index (χ4n) is 2.43. The van der Waals surface area contributed by atoms with Crippen molar-refractivity contribution >= 4 is 42.6 Å². The summed E-state index contributed by atoms with van der Waals surface area (Å²) in [6, 6.07) is 4.08. The minimum Gasteiger partial charge on any atom is -0.463 e. The molecule has 1 aromatic carbocycles. The zero-order valence-electron chi connectivity index (χ0n) is 14.5. The highest BCUT2D eigenvalue weighted by Gasteiger charge is 2.45. The Labute approximate surface area is 161 Å². The molecule has 1 aliphatic rings. The molecule has 1 heterocycles. The first-order valence-corrected chi connectivity index (χ1v) is 10.2. The Hall–Kier alpha value is -1.15. The number of aliphatic imine (C=N–C) groups is 1. The van der Waals surface area contributed by atoms with Gasteiger partial charge in [-0.3, -0.25) is 15.0 Å². The maximum Gasteiger partial charge on any atom is 0.374 e. The summed E-state index contributed by atoms with van der Waals surface area (Å²) in [5.41, 5.74) is 5.99. The number of esters is 1. The number of hydrogen-bond donors (Lipinski definition) is 2. The number of carbonyl (C=O) groups excluding carboxylic acids is 1. The fraction of sp³-hybridized carbons (Fsp3) is 0.467. The Morgan fingerprint density at radius 1 is 1.23 bits per heavy atom. The lowest BCUT2D eigenvalue weighted by atomic mass is 10.1. The maximum atomic E-state index is 13.3. The van der Waals surface area contributed by atoms with Crippen molar-refractivity contribution in [3.63, 3.8) is 0 Å². The molecule has 0 saturated heterocycles. The second-order valence-corrected chi connectivity index (χ2v) is 8.14. The molecular weight excluding hydrogens is 404 g/mol. The zero-order valence-corrected chi connectivity index (χ0v) is 16.9. The first-order chi connectivity index (χ1) is 12.4. The number of hydrogen-bond acceptors (Lipinski definition) is 8. The van der Waals surface area contributed by atoms with E-state index in [4.69, 9.17) is 32.2 Å². The second-order valence-electron chi connectivity index (χ2n) is 5.18. The van der Waals surface area contributed by atoms with E-state index in [9.17, 15) is 9.36 Å². The van der Waals surface area contributed by atoms with E-state index in [0.717, 1.165) is 0 Å². The zero-order chi connectivity index (χ0) is 19.3. The van der Waals surface area contributed by atoms with Crippen LogP contribution in [0.25, 0.3) is 0 Å². The van der Waals surface area contributed by atoms with Crippen LogP contribution in [0.15, 0.2) is 23.2 Å². The molecule has 0 unspecified atom stereocenters. The number of methoxy groups -OCH3 is 1. The first kappa shape index (κ1) is 21.2. The molecule has 11 heteroatoms. The number of nitrogens with zero attached hydrogens (tertiary/aromatic N) is 1. The van der Waals surface area contributed by atoms with Crippen LogP contribution in [0.5, 0.6) is 0 Å². The van der Waals surface area contributed by atoms with Crippen LogP contribution < -0.4 is 10.9 Å². The van der Waals surface area contributed by atoms with Crippen molar-refractivity contribution in [1.82, 2.24) is 10.9 Å². The molecule has 26 heavy (non-hydrogen) atoms. The van der Waals surface area contributed by atoms with E-state index >= 15 is 0 Å². The largest absolute Gasteiger partial charge is 0.463 e. The molecule has 0 fully saturated rings. The average molecular weight is 424 g/mol. The van der Waals surface area contributed by atoms with Gasteiger partial charge in [0.15, 0.2) is 5.78 Å². The molecule has 0 bridgehead atoms. The van der Waals surface area contributed by atoms with Crippen LogP contribution in [0.2, 0.25) is 10.0 Å². The SMILES string of the molecule is CCOP(=O)(OCC)[C@@H]1NNC(C(=O)OC)=N[C@H]1c1ccc(Cl)c(Cl)c1. The van der Waals surface area contributed by atoms with Gasteiger partial charge in [-0.1, -0.05) is 29.3 Å². The number of hydrazine groups is 1. The Morgan fingerprint density at radius 2 is 1.88 bits per heavy atom. The lowest BCUT2D eigenvalue weighted by molar-refractivity contribution is -0.133. The van der Waals surface area contributed by atoms with E-state index in [2.05, 4.69) is 20.6 Å². The summed E-state index contributed by atoms with van der Waals surface area (Å²) >= 11 is 12.1. The van der Waals surface area contributed by atoms with E-state index < -0.39 is 25.4 Å². The topological polar surface area (TPSA) is 98.2 Å². The summed E-state index contributed by atoms with van der Waals surface area (Å²) in [5, 5.41) is 0.669.